The minimum atomic E-state index is 1.02. The van der Waals surface area contributed by atoms with E-state index in [4.69, 9.17) is 0 Å². The Hall–Kier alpha value is -2.48. The zero-order valence-corrected chi connectivity index (χ0v) is 16.1. The van der Waals surface area contributed by atoms with Crippen molar-refractivity contribution >= 4 is 16.6 Å². The van der Waals surface area contributed by atoms with Crippen LogP contribution >= 0.6 is 0 Å². The summed E-state index contributed by atoms with van der Waals surface area (Å²) in [6.07, 6.45) is 6.93. The second-order valence-electron chi connectivity index (χ2n) is 7.09. The van der Waals surface area contributed by atoms with E-state index in [1.54, 1.807) is 0 Å². The molecule has 26 heavy (non-hydrogen) atoms. The Balaban J connectivity index is 1.98. The van der Waals surface area contributed by atoms with Crippen LogP contribution in [0.25, 0.3) is 22.2 Å². The first-order chi connectivity index (χ1) is 12.7. The van der Waals surface area contributed by atoms with Gasteiger partial charge in [-0.2, -0.15) is 0 Å². The molecule has 2 aromatic carbocycles. The molecule has 0 atom stereocenters. The summed E-state index contributed by atoms with van der Waals surface area (Å²) >= 11 is 0. The van der Waals surface area contributed by atoms with E-state index < -0.39 is 0 Å². The van der Waals surface area contributed by atoms with Gasteiger partial charge in [-0.05, 0) is 55.0 Å². The highest BCUT2D eigenvalue weighted by Crippen LogP contribution is 2.31. The van der Waals surface area contributed by atoms with Crippen LogP contribution in [0.15, 0.2) is 60.8 Å². The number of unbranched alkanes of at least 4 members (excludes halogenated alkanes) is 2. The summed E-state index contributed by atoms with van der Waals surface area (Å²) < 4.78 is 0. The van der Waals surface area contributed by atoms with E-state index in [2.05, 4.69) is 79.3 Å². The van der Waals surface area contributed by atoms with Gasteiger partial charge < -0.3 is 10.3 Å². The zero-order valence-electron chi connectivity index (χ0n) is 16.1. The third-order valence-corrected chi connectivity index (χ3v) is 4.84. The number of nitrogens with one attached hydrogen (secondary N) is 2. The summed E-state index contributed by atoms with van der Waals surface area (Å²) in [5, 5.41) is 4.84. The fourth-order valence-electron chi connectivity index (χ4n) is 3.35. The number of benzene rings is 2. The van der Waals surface area contributed by atoms with Crippen LogP contribution in [0.2, 0.25) is 0 Å². The quantitative estimate of drug-likeness (QED) is 0.418. The van der Waals surface area contributed by atoms with Crippen molar-refractivity contribution in [3.8, 4) is 11.3 Å². The molecule has 1 heterocycles. The SMILES string of the molecule is C=C(CCCC)Nc1cc(CCCC)cc2cc(-c3ccccc3)[nH]c12. The highest BCUT2D eigenvalue weighted by Gasteiger charge is 2.10. The van der Waals surface area contributed by atoms with Crippen LogP contribution in [-0.4, -0.2) is 4.98 Å². The lowest BCUT2D eigenvalue weighted by Gasteiger charge is -2.12. The summed E-state index contributed by atoms with van der Waals surface area (Å²) in [5.74, 6) is 0. The molecule has 3 rings (SSSR count). The first kappa shape index (κ1) is 18.3. The van der Waals surface area contributed by atoms with Crippen LogP contribution in [0.3, 0.4) is 0 Å². The first-order valence-corrected chi connectivity index (χ1v) is 9.87. The van der Waals surface area contributed by atoms with Crippen molar-refractivity contribution in [1.29, 1.82) is 0 Å². The number of H-pyrrole nitrogens is 1. The van der Waals surface area contributed by atoms with Crippen LogP contribution in [0.1, 0.15) is 51.5 Å². The number of aromatic amines is 1. The van der Waals surface area contributed by atoms with E-state index in [0.29, 0.717) is 0 Å². The number of aromatic nitrogens is 1. The lowest BCUT2D eigenvalue weighted by molar-refractivity contribution is 0.790. The first-order valence-electron chi connectivity index (χ1n) is 9.87. The van der Waals surface area contributed by atoms with Crippen molar-refractivity contribution in [2.45, 2.75) is 52.4 Å². The molecule has 136 valence electrons. The lowest BCUT2D eigenvalue weighted by Crippen LogP contribution is -2.00. The number of fused-ring (bicyclic) bond motifs is 1. The van der Waals surface area contributed by atoms with E-state index in [1.807, 2.05) is 0 Å². The Morgan fingerprint density at radius 3 is 2.50 bits per heavy atom. The van der Waals surface area contributed by atoms with Crippen LogP contribution < -0.4 is 5.32 Å². The fourth-order valence-corrected chi connectivity index (χ4v) is 3.35. The van der Waals surface area contributed by atoms with E-state index in [9.17, 15) is 0 Å². The van der Waals surface area contributed by atoms with Crippen LogP contribution in [-0.2, 0) is 6.42 Å². The molecular formula is C24H30N2. The van der Waals surface area contributed by atoms with E-state index in [1.165, 1.54) is 47.7 Å². The van der Waals surface area contributed by atoms with E-state index in [-0.39, 0.29) is 0 Å². The smallest absolute Gasteiger partial charge is 0.0698 e. The molecule has 3 aromatic rings. The Bertz CT molecular complexity index is 859. The number of allylic oxidation sites excluding steroid dienone is 1. The Morgan fingerprint density at radius 2 is 1.77 bits per heavy atom. The van der Waals surface area contributed by atoms with Gasteiger partial charge >= 0.3 is 0 Å². The predicted molar refractivity (Wildman–Crippen MR) is 115 cm³/mol. The molecule has 2 nitrogen and oxygen atoms in total. The summed E-state index contributed by atoms with van der Waals surface area (Å²) in [7, 11) is 0. The third-order valence-electron chi connectivity index (χ3n) is 4.84. The number of aryl methyl sites for hydroxylation is 1. The van der Waals surface area contributed by atoms with Gasteiger partial charge in [0.05, 0.1) is 11.2 Å². The Labute approximate surface area is 157 Å². The molecule has 0 aliphatic rings. The zero-order chi connectivity index (χ0) is 18.4. The molecule has 0 saturated heterocycles. The molecule has 0 fully saturated rings. The van der Waals surface area contributed by atoms with Gasteiger partial charge in [0.2, 0.25) is 0 Å². The summed E-state index contributed by atoms with van der Waals surface area (Å²) in [4.78, 5) is 3.62. The van der Waals surface area contributed by atoms with Crippen molar-refractivity contribution in [3.63, 3.8) is 0 Å². The topological polar surface area (TPSA) is 27.8 Å². The average Bonchev–Trinajstić information content (AvgIpc) is 3.10. The summed E-state index contributed by atoms with van der Waals surface area (Å²) in [6.45, 7) is 8.69. The van der Waals surface area contributed by atoms with Gasteiger partial charge in [0, 0.05) is 16.8 Å². The molecule has 0 aliphatic heterocycles. The predicted octanol–water partition coefficient (Wildman–Crippen LogP) is 7.29. The Kier molecular flexibility index (Phi) is 6.17. The highest BCUT2D eigenvalue weighted by molar-refractivity contribution is 5.96. The molecule has 2 heteroatoms. The standard InChI is InChI=1S/C24H30N2/c1-4-6-11-18(3)25-23-16-19(12-7-5-2)15-21-17-22(26-24(21)23)20-13-9-8-10-14-20/h8-10,13-17,25-26H,3-7,11-12H2,1-2H3. The maximum Gasteiger partial charge on any atom is 0.0698 e. The van der Waals surface area contributed by atoms with Crippen molar-refractivity contribution in [3.05, 3.63) is 66.4 Å². The second kappa shape index (κ2) is 8.75. The largest absolute Gasteiger partial charge is 0.358 e. The van der Waals surface area contributed by atoms with Gasteiger partial charge in [0.1, 0.15) is 0 Å². The van der Waals surface area contributed by atoms with Gasteiger partial charge in [-0.15, -0.1) is 0 Å². The molecule has 1 aromatic heterocycles. The van der Waals surface area contributed by atoms with E-state index >= 15 is 0 Å². The minimum Gasteiger partial charge on any atom is -0.358 e. The van der Waals surface area contributed by atoms with Gasteiger partial charge in [-0.1, -0.05) is 63.6 Å². The van der Waals surface area contributed by atoms with Gasteiger partial charge in [-0.3, -0.25) is 0 Å². The molecule has 2 N–H and O–H groups in total. The molecule has 0 amide bonds. The summed E-state index contributed by atoms with van der Waals surface area (Å²) in [6, 6.07) is 17.4. The lowest BCUT2D eigenvalue weighted by atomic mass is 10.0. The average molecular weight is 347 g/mol. The molecule has 0 saturated carbocycles. The van der Waals surface area contributed by atoms with Crippen LogP contribution in [0.5, 0.6) is 0 Å². The summed E-state index contributed by atoms with van der Waals surface area (Å²) in [5.41, 5.74) is 7.18. The van der Waals surface area contributed by atoms with Gasteiger partial charge in [0.15, 0.2) is 0 Å². The maximum absolute atomic E-state index is 4.23. The fraction of sp³-hybridized carbons (Fsp3) is 0.333. The number of hydrogen-bond donors (Lipinski definition) is 2. The van der Waals surface area contributed by atoms with Crippen molar-refractivity contribution < 1.29 is 0 Å². The molecular weight excluding hydrogens is 316 g/mol. The minimum absolute atomic E-state index is 1.02. The number of anilines is 1. The van der Waals surface area contributed by atoms with Crippen LogP contribution in [0.4, 0.5) is 5.69 Å². The number of hydrogen-bond acceptors (Lipinski definition) is 1. The Morgan fingerprint density at radius 1 is 1.00 bits per heavy atom. The van der Waals surface area contributed by atoms with Gasteiger partial charge in [-0.25, -0.2) is 0 Å². The molecule has 0 spiro atoms. The maximum atomic E-state index is 4.23. The number of rotatable bonds is 9. The van der Waals surface area contributed by atoms with Crippen molar-refractivity contribution in [1.82, 2.24) is 4.98 Å². The molecule has 0 bridgehead atoms. The van der Waals surface area contributed by atoms with Crippen molar-refractivity contribution in [2.75, 3.05) is 5.32 Å². The molecule has 0 unspecified atom stereocenters. The van der Waals surface area contributed by atoms with Crippen LogP contribution in [0, 0.1) is 0 Å². The van der Waals surface area contributed by atoms with E-state index in [0.717, 1.165) is 29.9 Å². The normalized spacial score (nSPS) is 11.0. The third kappa shape index (κ3) is 4.37. The molecule has 0 aliphatic carbocycles. The van der Waals surface area contributed by atoms with Crippen molar-refractivity contribution in [2.24, 2.45) is 0 Å². The van der Waals surface area contributed by atoms with Gasteiger partial charge in [0.25, 0.3) is 0 Å². The highest BCUT2D eigenvalue weighted by atomic mass is 14.9. The molecule has 0 radical (unpaired) electrons. The monoisotopic (exact) mass is 346 g/mol. The second-order valence-corrected chi connectivity index (χ2v) is 7.09.